The maximum absolute atomic E-state index is 12.8. The minimum Gasteiger partial charge on any atom is -0.492 e. The maximum Gasteiger partial charge on any atom is 0.416 e. The van der Waals surface area contributed by atoms with Crippen LogP contribution in [0.15, 0.2) is 42.0 Å². The van der Waals surface area contributed by atoms with Gasteiger partial charge in [0.25, 0.3) is 5.91 Å². The number of benzene rings is 2. The largest absolute Gasteiger partial charge is 0.492 e. The van der Waals surface area contributed by atoms with Crippen LogP contribution in [0, 0.1) is 18.5 Å². The number of carbonyl (C=O) groups is 1. The summed E-state index contributed by atoms with van der Waals surface area (Å²) in [7, 11) is 0. The number of nitriles is 1. The summed E-state index contributed by atoms with van der Waals surface area (Å²) >= 11 is 4.18. The van der Waals surface area contributed by atoms with Gasteiger partial charge in [0, 0.05) is 5.69 Å². The lowest BCUT2D eigenvalue weighted by Crippen LogP contribution is -2.14. The zero-order valence-electron chi connectivity index (χ0n) is 14.4. The fraction of sp³-hybridized carbons (Fsp3) is 0.158. The van der Waals surface area contributed by atoms with Crippen LogP contribution in [0.3, 0.4) is 0 Å². The number of rotatable bonds is 5. The number of nitrogens with zero attached hydrogens (tertiary/aromatic N) is 1. The molecule has 0 spiro atoms. The number of alkyl halides is 3. The van der Waals surface area contributed by atoms with Crippen LogP contribution in [0.25, 0.3) is 6.08 Å². The summed E-state index contributed by atoms with van der Waals surface area (Å²) in [5, 5.41) is 11.6. The van der Waals surface area contributed by atoms with Crippen molar-refractivity contribution in [1.29, 1.82) is 5.26 Å². The van der Waals surface area contributed by atoms with E-state index in [2.05, 4.69) is 50.5 Å². The first kappa shape index (κ1) is 22.5. The molecule has 0 radical (unpaired) electrons. The van der Waals surface area contributed by atoms with Crippen LogP contribution in [0.1, 0.15) is 18.1 Å². The lowest BCUT2D eigenvalue weighted by atomic mass is 10.1. The Balaban J connectivity index is 2.28. The Labute approximate surface area is 187 Å². The predicted molar refractivity (Wildman–Crippen MR) is 117 cm³/mol. The second kappa shape index (κ2) is 9.60. The first-order valence-electron chi connectivity index (χ1n) is 7.88. The number of hydrogen-bond donors (Lipinski definition) is 1. The van der Waals surface area contributed by atoms with Gasteiger partial charge in [-0.05, 0) is 94.1 Å². The lowest BCUT2D eigenvalue weighted by Gasteiger charge is -2.10. The Kier molecular flexibility index (Phi) is 7.70. The molecule has 1 N–H and O–H groups in total. The summed E-state index contributed by atoms with van der Waals surface area (Å²) in [6, 6.07) is 9.52. The average molecular weight is 612 g/mol. The molecular formula is C19H13F3I2N2O2. The third-order valence-electron chi connectivity index (χ3n) is 3.43. The molecule has 4 nitrogen and oxygen atoms in total. The van der Waals surface area contributed by atoms with Crippen molar-refractivity contribution in [2.75, 3.05) is 11.9 Å². The summed E-state index contributed by atoms with van der Waals surface area (Å²) in [5.41, 5.74) is -0.554. The first-order chi connectivity index (χ1) is 13.2. The van der Waals surface area contributed by atoms with Crippen molar-refractivity contribution in [2.45, 2.75) is 13.1 Å². The Bertz CT molecular complexity index is 943. The minimum atomic E-state index is -4.52. The molecule has 2 aromatic rings. The molecule has 0 heterocycles. The number of halogens is 5. The van der Waals surface area contributed by atoms with Crippen LogP contribution in [0.2, 0.25) is 0 Å². The number of amides is 1. The van der Waals surface area contributed by atoms with Gasteiger partial charge in [-0.15, -0.1) is 0 Å². The summed E-state index contributed by atoms with van der Waals surface area (Å²) in [6.45, 7) is 2.37. The highest BCUT2D eigenvalue weighted by molar-refractivity contribution is 14.1. The van der Waals surface area contributed by atoms with E-state index in [9.17, 15) is 23.2 Å². The summed E-state index contributed by atoms with van der Waals surface area (Å²) < 4.78 is 45.6. The van der Waals surface area contributed by atoms with Crippen LogP contribution in [-0.4, -0.2) is 12.5 Å². The van der Waals surface area contributed by atoms with Crippen LogP contribution < -0.4 is 10.1 Å². The maximum atomic E-state index is 12.8. The molecule has 0 aliphatic heterocycles. The number of hydrogen-bond acceptors (Lipinski definition) is 3. The molecule has 1 amide bonds. The summed E-state index contributed by atoms with van der Waals surface area (Å²) in [5.74, 6) is -0.0755. The van der Waals surface area contributed by atoms with Gasteiger partial charge in [0.2, 0.25) is 0 Å². The Hall–Kier alpha value is -1.81. The monoisotopic (exact) mass is 612 g/mol. The van der Waals surface area contributed by atoms with E-state index in [1.165, 1.54) is 18.2 Å². The third kappa shape index (κ3) is 5.84. The number of nitrogens with one attached hydrogen (secondary N) is 1. The quantitative estimate of drug-likeness (QED) is 0.262. The molecule has 2 aromatic carbocycles. The van der Waals surface area contributed by atoms with E-state index in [-0.39, 0.29) is 11.3 Å². The molecule has 146 valence electrons. The van der Waals surface area contributed by atoms with Gasteiger partial charge in [-0.25, -0.2) is 0 Å². The Morgan fingerprint density at radius 1 is 1.25 bits per heavy atom. The minimum absolute atomic E-state index is 0.0446. The molecule has 0 saturated carbocycles. The number of carbonyl (C=O) groups excluding carboxylic acids is 1. The molecule has 9 heteroatoms. The van der Waals surface area contributed by atoms with Gasteiger partial charge in [-0.3, -0.25) is 4.79 Å². The summed E-state index contributed by atoms with van der Waals surface area (Å²) in [6.07, 6.45) is -3.15. The third-order valence-corrected chi connectivity index (χ3v) is 5.04. The van der Waals surface area contributed by atoms with Gasteiger partial charge >= 0.3 is 6.18 Å². The lowest BCUT2D eigenvalue weighted by molar-refractivity contribution is -0.137. The molecule has 0 aromatic heterocycles. The van der Waals surface area contributed by atoms with Crippen molar-refractivity contribution in [3.8, 4) is 11.8 Å². The van der Waals surface area contributed by atoms with Crippen molar-refractivity contribution in [3.05, 3.63) is 60.2 Å². The average Bonchev–Trinajstić information content (AvgIpc) is 2.62. The molecule has 0 aliphatic rings. The molecule has 2 rings (SSSR count). The highest BCUT2D eigenvalue weighted by atomic mass is 127. The first-order valence-corrected chi connectivity index (χ1v) is 10.0. The number of ether oxygens (including phenoxy) is 1. The number of anilines is 1. The van der Waals surface area contributed by atoms with E-state index in [0.717, 1.165) is 19.3 Å². The standard InChI is InChI=1S/C19H13F3I2N2O2/c1-2-28-17-15(23)7-11(8-16(17)24)6-12(10-25)18(27)26-14-5-3-4-13(9-14)19(20,21)22/h3-9H,2H2,1H3,(H,26,27)/b12-6-. The van der Waals surface area contributed by atoms with Gasteiger partial charge < -0.3 is 10.1 Å². The van der Waals surface area contributed by atoms with Crippen LogP contribution in [0.4, 0.5) is 18.9 Å². The second-order valence-electron chi connectivity index (χ2n) is 5.45. The zero-order chi connectivity index (χ0) is 20.9. The van der Waals surface area contributed by atoms with Crippen LogP contribution in [-0.2, 0) is 11.0 Å². The molecule has 0 saturated heterocycles. The SMILES string of the molecule is CCOc1c(I)cc(/C=C(/C#N)C(=O)Nc2cccc(C(F)(F)F)c2)cc1I. The highest BCUT2D eigenvalue weighted by Gasteiger charge is 2.30. The van der Waals surface area contributed by atoms with E-state index >= 15 is 0 Å². The molecule has 28 heavy (non-hydrogen) atoms. The van der Waals surface area contributed by atoms with Crippen molar-refractivity contribution in [3.63, 3.8) is 0 Å². The Morgan fingerprint density at radius 3 is 2.43 bits per heavy atom. The van der Waals surface area contributed by atoms with Gasteiger partial charge in [0.1, 0.15) is 17.4 Å². The van der Waals surface area contributed by atoms with E-state index < -0.39 is 17.6 Å². The predicted octanol–water partition coefficient (Wildman–Crippen LogP) is 5.86. The van der Waals surface area contributed by atoms with E-state index in [1.807, 2.05) is 6.92 Å². The van der Waals surface area contributed by atoms with Gasteiger partial charge in [-0.2, -0.15) is 18.4 Å². The molecule has 0 unspecified atom stereocenters. The van der Waals surface area contributed by atoms with E-state index in [4.69, 9.17) is 4.74 Å². The normalized spacial score (nSPS) is 11.7. The molecule has 0 aliphatic carbocycles. The molecule has 0 bridgehead atoms. The van der Waals surface area contributed by atoms with Gasteiger partial charge in [-0.1, -0.05) is 6.07 Å². The molecule has 0 atom stereocenters. The second-order valence-corrected chi connectivity index (χ2v) is 7.77. The van der Waals surface area contributed by atoms with Crippen molar-refractivity contribution in [2.24, 2.45) is 0 Å². The molecule has 0 fully saturated rings. The Morgan fingerprint density at radius 2 is 1.89 bits per heavy atom. The fourth-order valence-corrected chi connectivity index (χ4v) is 4.36. The van der Waals surface area contributed by atoms with E-state index in [0.29, 0.717) is 17.9 Å². The van der Waals surface area contributed by atoms with Crippen LogP contribution >= 0.6 is 45.2 Å². The summed E-state index contributed by atoms with van der Waals surface area (Å²) in [4.78, 5) is 12.3. The topological polar surface area (TPSA) is 62.1 Å². The highest BCUT2D eigenvalue weighted by Crippen LogP contribution is 2.31. The fourth-order valence-electron chi connectivity index (χ4n) is 2.23. The van der Waals surface area contributed by atoms with Gasteiger partial charge in [0.05, 0.1) is 19.3 Å². The molecular weight excluding hydrogens is 599 g/mol. The van der Waals surface area contributed by atoms with Crippen molar-refractivity contribution < 1.29 is 22.7 Å². The van der Waals surface area contributed by atoms with E-state index in [1.54, 1.807) is 18.2 Å². The van der Waals surface area contributed by atoms with Gasteiger partial charge in [0.15, 0.2) is 0 Å². The van der Waals surface area contributed by atoms with Crippen LogP contribution in [0.5, 0.6) is 5.75 Å². The van der Waals surface area contributed by atoms with Crippen molar-refractivity contribution >= 4 is 62.9 Å². The van der Waals surface area contributed by atoms with Crippen molar-refractivity contribution in [1.82, 2.24) is 0 Å². The zero-order valence-corrected chi connectivity index (χ0v) is 18.7. The smallest absolute Gasteiger partial charge is 0.416 e.